The summed E-state index contributed by atoms with van der Waals surface area (Å²) >= 11 is 14.4. The van der Waals surface area contributed by atoms with E-state index in [0.29, 0.717) is 41.8 Å². The number of amides is 1. The van der Waals surface area contributed by atoms with Crippen LogP contribution in [0.1, 0.15) is 28.5 Å². The molecule has 3 aromatic rings. The number of rotatable bonds is 10. The van der Waals surface area contributed by atoms with Crippen LogP contribution in [0.3, 0.4) is 0 Å². The summed E-state index contributed by atoms with van der Waals surface area (Å²) in [5.74, 6) is 0.242. The van der Waals surface area contributed by atoms with Gasteiger partial charge in [0.2, 0.25) is 15.9 Å². The molecule has 0 aliphatic carbocycles. The highest BCUT2D eigenvalue weighted by atomic mass is 35.5. The maximum Gasteiger partial charge on any atom is 0.243 e. The van der Waals surface area contributed by atoms with Gasteiger partial charge in [-0.05, 0) is 71.8 Å². The molecule has 0 bridgehead atoms. The molecule has 2 aromatic carbocycles. The molecule has 11 heteroatoms. The fraction of sp³-hybridized carbons (Fsp3) is 0.346. The first-order valence-electron chi connectivity index (χ1n) is 11.7. The van der Waals surface area contributed by atoms with E-state index < -0.39 is 16.1 Å². The molecule has 37 heavy (non-hydrogen) atoms. The van der Waals surface area contributed by atoms with Crippen molar-refractivity contribution in [3.63, 3.8) is 0 Å². The van der Waals surface area contributed by atoms with E-state index in [1.165, 1.54) is 28.4 Å². The van der Waals surface area contributed by atoms with Gasteiger partial charge in [-0.1, -0.05) is 29.3 Å². The van der Waals surface area contributed by atoms with Gasteiger partial charge in [-0.15, -0.1) is 11.3 Å². The molecule has 0 N–H and O–H groups in total. The van der Waals surface area contributed by atoms with Crippen molar-refractivity contribution in [3.8, 4) is 5.75 Å². The van der Waals surface area contributed by atoms with Crippen LogP contribution in [0.4, 0.5) is 0 Å². The molecule has 0 saturated heterocycles. The van der Waals surface area contributed by atoms with E-state index in [1.807, 2.05) is 17.5 Å². The van der Waals surface area contributed by atoms with Gasteiger partial charge in [-0.2, -0.15) is 4.31 Å². The van der Waals surface area contributed by atoms with Crippen molar-refractivity contribution in [2.24, 2.45) is 0 Å². The molecule has 1 aromatic heterocycles. The predicted octanol–water partition coefficient (Wildman–Crippen LogP) is 5.27. The number of hydrogen-bond acceptors (Lipinski definition) is 6. The molecule has 1 aliphatic heterocycles. The Kier molecular flexibility index (Phi) is 9.15. The van der Waals surface area contributed by atoms with Crippen LogP contribution < -0.4 is 4.74 Å². The number of ether oxygens (including phenoxy) is 2. The van der Waals surface area contributed by atoms with Crippen molar-refractivity contribution in [2.45, 2.75) is 23.8 Å². The van der Waals surface area contributed by atoms with E-state index in [-0.39, 0.29) is 23.9 Å². The quantitative estimate of drug-likeness (QED) is 0.304. The van der Waals surface area contributed by atoms with E-state index in [0.717, 1.165) is 11.1 Å². The van der Waals surface area contributed by atoms with Gasteiger partial charge in [0.25, 0.3) is 0 Å². The molecule has 0 spiro atoms. The summed E-state index contributed by atoms with van der Waals surface area (Å²) in [6, 6.07) is 12.9. The number of sulfonamides is 1. The number of thiophene rings is 1. The highest BCUT2D eigenvalue weighted by Crippen LogP contribution is 2.41. The van der Waals surface area contributed by atoms with Crippen molar-refractivity contribution in [1.82, 2.24) is 9.21 Å². The lowest BCUT2D eigenvalue weighted by atomic mass is 9.93. The Balaban J connectivity index is 1.66. The minimum Gasteiger partial charge on any atom is -0.497 e. The summed E-state index contributed by atoms with van der Waals surface area (Å²) in [5.41, 5.74) is 1.75. The third kappa shape index (κ3) is 6.13. The third-order valence-corrected chi connectivity index (χ3v) is 9.73. The molecule has 0 fully saturated rings. The van der Waals surface area contributed by atoms with Crippen molar-refractivity contribution in [3.05, 3.63) is 80.0 Å². The van der Waals surface area contributed by atoms with Gasteiger partial charge in [-0.25, -0.2) is 8.42 Å². The van der Waals surface area contributed by atoms with Gasteiger partial charge in [0.05, 0.1) is 24.6 Å². The van der Waals surface area contributed by atoms with E-state index in [4.69, 9.17) is 32.7 Å². The second kappa shape index (κ2) is 12.1. The number of nitrogens with zero attached hydrogens (tertiary/aromatic N) is 2. The SMILES string of the molecule is COCCCN(CC(=O)N1CCc2sccc2C1c1ccc(Cl)cc1Cl)S(=O)(=O)c1ccc(OC)cc1. The van der Waals surface area contributed by atoms with Crippen LogP contribution in [-0.4, -0.2) is 64.0 Å². The third-order valence-electron chi connectivity index (χ3n) is 6.31. The molecule has 1 aliphatic rings. The number of carbonyl (C=O) groups is 1. The zero-order chi connectivity index (χ0) is 26.6. The van der Waals surface area contributed by atoms with Crippen LogP contribution in [0.2, 0.25) is 10.0 Å². The van der Waals surface area contributed by atoms with E-state index in [1.54, 1.807) is 47.6 Å². The number of methoxy groups -OCH3 is 2. The van der Waals surface area contributed by atoms with Crippen LogP contribution in [0, 0.1) is 0 Å². The van der Waals surface area contributed by atoms with Gasteiger partial charge >= 0.3 is 0 Å². The maximum atomic E-state index is 13.8. The molecule has 0 saturated carbocycles. The van der Waals surface area contributed by atoms with Crippen LogP contribution >= 0.6 is 34.5 Å². The standard InChI is InChI=1S/C26H28Cl2N2O5S2/c1-34-14-3-12-29(37(32,33)20-7-5-19(35-2)6-8-20)17-25(31)30-13-10-24-22(11-15-36-24)26(30)21-9-4-18(27)16-23(21)28/h4-9,11,15-16,26H,3,10,12-14,17H2,1-2H3. The highest BCUT2D eigenvalue weighted by molar-refractivity contribution is 7.89. The lowest BCUT2D eigenvalue weighted by Gasteiger charge is -2.37. The lowest BCUT2D eigenvalue weighted by Crippen LogP contribution is -2.47. The van der Waals surface area contributed by atoms with Gasteiger partial charge in [0.1, 0.15) is 5.75 Å². The van der Waals surface area contributed by atoms with Crippen LogP contribution in [-0.2, 0) is 26.0 Å². The van der Waals surface area contributed by atoms with Crippen LogP contribution in [0.15, 0.2) is 58.8 Å². The summed E-state index contributed by atoms with van der Waals surface area (Å²) in [5, 5.41) is 2.96. The Morgan fingerprint density at radius 1 is 1.11 bits per heavy atom. The number of halogens is 2. The predicted molar refractivity (Wildman–Crippen MR) is 146 cm³/mol. The van der Waals surface area contributed by atoms with E-state index in [2.05, 4.69) is 0 Å². The second-order valence-corrected chi connectivity index (χ2v) is 12.3. The highest BCUT2D eigenvalue weighted by Gasteiger charge is 2.36. The first-order chi connectivity index (χ1) is 17.8. The van der Waals surface area contributed by atoms with Gasteiger partial charge in [0.15, 0.2) is 0 Å². The van der Waals surface area contributed by atoms with Gasteiger partial charge in [0, 0.05) is 41.7 Å². The van der Waals surface area contributed by atoms with Crippen molar-refractivity contribution in [2.75, 3.05) is 40.5 Å². The topological polar surface area (TPSA) is 76.2 Å². The zero-order valence-electron chi connectivity index (χ0n) is 20.5. The largest absolute Gasteiger partial charge is 0.497 e. The minimum absolute atomic E-state index is 0.0922. The van der Waals surface area contributed by atoms with E-state index >= 15 is 0 Å². The summed E-state index contributed by atoms with van der Waals surface area (Å²) in [6.45, 7) is 0.648. The summed E-state index contributed by atoms with van der Waals surface area (Å²) in [7, 11) is -0.883. The van der Waals surface area contributed by atoms with Crippen molar-refractivity contribution < 1.29 is 22.7 Å². The Morgan fingerprint density at radius 3 is 2.54 bits per heavy atom. The molecule has 1 unspecified atom stereocenters. The monoisotopic (exact) mass is 582 g/mol. The summed E-state index contributed by atoms with van der Waals surface area (Å²) in [6.07, 6.45) is 1.13. The average Bonchev–Trinajstić information content (AvgIpc) is 3.37. The summed E-state index contributed by atoms with van der Waals surface area (Å²) in [4.78, 5) is 16.8. The smallest absolute Gasteiger partial charge is 0.243 e. The first kappa shape index (κ1) is 27.9. The number of hydrogen-bond donors (Lipinski definition) is 0. The molecule has 1 amide bonds. The second-order valence-electron chi connectivity index (χ2n) is 8.57. The number of carbonyl (C=O) groups excluding carboxylic acids is 1. The molecule has 2 heterocycles. The Bertz CT molecular complexity index is 1350. The fourth-order valence-corrected chi connectivity index (χ4v) is 7.30. The Hall–Kier alpha value is -2.14. The van der Waals surface area contributed by atoms with Gasteiger partial charge in [-0.3, -0.25) is 4.79 Å². The number of fused-ring (bicyclic) bond motifs is 1. The maximum absolute atomic E-state index is 13.8. The Morgan fingerprint density at radius 2 is 1.86 bits per heavy atom. The molecular weight excluding hydrogens is 555 g/mol. The first-order valence-corrected chi connectivity index (χ1v) is 14.8. The van der Waals surface area contributed by atoms with Crippen LogP contribution in [0.5, 0.6) is 5.75 Å². The molecule has 7 nitrogen and oxygen atoms in total. The van der Waals surface area contributed by atoms with Crippen molar-refractivity contribution in [1.29, 1.82) is 0 Å². The zero-order valence-corrected chi connectivity index (χ0v) is 23.7. The normalized spacial score (nSPS) is 15.6. The summed E-state index contributed by atoms with van der Waals surface area (Å²) < 4.78 is 38.7. The van der Waals surface area contributed by atoms with Crippen LogP contribution in [0.25, 0.3) is 0 Å². The molecule has 0 radical (unpaired) electrons. The van der Waals surface area contributed by atoms with Gasteiger partial charge < -0.3 is 14.4 Å². The minimum atomic E-state index is -3.95. The molecule has 1 atom stereocenters. The molecular formula is C26H28Cl2N2O5S2. The van der Waals surface area contributed by atoms with Crippen molar-refractivity contribution >= 4 is 50.5 Å². The van der Waals surface area contributed by atoms with E-state index in [9.17, 15) is 13.2 Å². The Labute approximate surface area is 231 Å². The number of benzene rings is 2. The average molecular weight is 584 g/mol. The fourth-order valence-electron chi connectivity index (χ4n) is 4.45. The molecule has 4 rings (SSSR count). The molecule has 198 valence electrons. The lowest BCUT2D eigenvalue weighted by molar-refractivity contribution is -0.133.